The molecule has 1 heterocycles. The zero-order valence-corrected chi connectivity index (χ0v) is 11.9. The maximum absolute atomic E-state index is 12.5. The van der Waals surface area contributed by atoms with Crippen LogP contribution in [0.3, 0.4) is 0 Å². The minimum absolute atomic E-state index is 0.130. The summed E-state index contributed by atoms with van der Waals surface area (Å²) in [6, 6.07) is 17.7. The maximum Gasteiger partial charge on any atom is 0.189 e. The van der Waals surface area contributed by atoms with Crippen molar-refractivity contribution in [3.63, 3.8) is 0 Å². The molecule has 106 valence electrons. The van der Waals surface area contributed by atoms with Crippen LogP contribution in [0.4, 0.5) is 0 Å². The lowest BCUT2D eigenvalue weighted by Crippen LogP contribution is -1.99. The summed E-state index contributed by atoms with van der Waals surface area (Å²) >= 11 is 0. The van der Waals surface area contributed by atoms with Crippen LogP contribution in [0.1, 0.15) is 21.5 Å². The molecule has 0 aliphatic heterocycles. The van der Waals surface area contributed by atoms with Gasteiger partial charge in [0.1, 0.15) is 0 Å². The minimum Gasteiger partial charge on any atom is -0.289 e. The van der Waals surface area contributed by atoms with Crippen molar-refractivity contribution in [1.82, 2.24) is 9.78 Å². The SMILES string of the molecule is O=C1/C(=C\c2ccccc2-n2cccn2)Cc2ccccc21. The van der Waals surface area contributed by atoms with Gasteiger partial charge in [0.2, 0.25) is 0 Å². The van der Waals surface area contributed by atoms with Crippen molar-refractivity contribution in [2.75, 3.05) is 0 Å². The number of fused-ring (bicyclic) bond motifs is 1. The highest BCUT2D eigenvalue weighted by atomic mass is 16.1. The number of benzene rings is 2. The molecule has 3 heteroatoms. The summed E-state index contributed by atoms with van der Waals surface area (Å²) in [5.74, 6) is 0.130. The summed E-state index contributed by atoms with van der Waals surface area (Å²) < 4.78 is 1.82. The van der Waals surface area contributed by atoms with E-state index in [1.807, 2.05) is 71.6 Å². The third-order valence-electron chi connectivity index (χ3n) is 3.95. The first-order chi connectivity index (χ1) is 10.8. The van der Waals surface area contributed by atoms with E-state index in [4.69, 9.17) is 0 Å². The summed E-state index contributed by atoms with van der Waals surface area (Å²) in [4.78, 5) is 12.5. The molecule has 0 N–H and O–H groups in total. The Kier molecular flexibility index (Phi) is 2.97. The van der Waals surface area contributed by atoms with Gasteiger partial charge in [-0.25, -0.2) is 4.68 Å². The van der Waals surface area contributed by atoms with Crippen molar-refractivity contribution in [3.05, 3.63) is 89.3 Å². The van der Waals surface area contributed by atoms with Gasteiger partial charge in [-0.1, -0.05) is 42.5 Å². The van der Waals surface area contributed by atoms with Crippen LogP contribution in [-0.4, -0.2) is 15.6 Å². The summed E-state index contributed by atoms with van der Waals surface area (Å²) in [6.45, 7) is 0. The van der Waals surface area contributed by atoms with Crippen molar-refractivity contribution in [2.45, 2.75) is 6.42 Å². The third-order valence-corrected chi connectivity index (χ3v) is 3.95. The van der Waals surface area contributed by atoms with Crippen molar-refractivity contribution < 1.29 is 4.79 Å². The molecule has 1 aliphatic carbocycles. The highest BCUT2D eigenvalue weighted by Gasteiger charge is 2.24. The number of aromatic nitrogens is 2. The number of nitrogens with zero attached hydrogens (tertiary/aromatic N) is 2. The Hall–Kier alpha value is -2.94. The standard InChI is InChI=1S/C19H14N2O/c22-19-16(12-14-6-1-3-8-17(14)19)13-15-7-2-4-9-18(15)21-11-5-10-20-21/h1-11,13H,12H2/b16-13-. The van der Waals surface area contributed by atoms with Gasteiger partial charge in [-0.05, 0) is 23.8 Å². The first-order valence-electron chi connectivity index (χ1n) is 7.25. The summed E-state index contributed by atoms with van der Waals surface area (Å²) in [7, 11) is 0. The number of hydrogen-bond donors (Lipinski definition) is 0. The van der Waals surface area contributed by atoms with E-state index in [1.54, 1.807) is 6.20 Å². The van der Waals surface area contributed by atoms with Gasteiger partial charge in [0, 0.05) is 35.5 Å². The van der Waals surface area contributed by atoms with E-state index in [9.17, 15) is 4.79 Å². The van der Waals surface area contributed by atoms with Crippen molar-refractivity contribution in [3.8, 4) is 5.69 Å². The van der Waals surface area contributed by atoms with Crippen LogP contribution in [0.15, 0.2) is 72.6 Å². The van der Waals surface area contributed by atoms with Gasteiger partial charge in [0.15, 0.2) is 5.78 Å². The largest absolute Gasteiger partial charge is 0.289 e. The molecule has 0 bridgehead atoms. The number of Topliss-reactive ketones (excluding diaryl/α,β-unsaturated/α-hetero) is 1. The van der Waals surface area contributed by atoms with Gasteiger partial charge in [-0.3, -0.25) is 4.79 Å². The molecule has 0 atom stereocenters. The predicted molar refractivity (Wildman–Crippen MR) is 86.0 cm³/mol. The van der Waals surface area contributed by atoms with Crippen LogP contribution in [-0.2, 0) is 6.42 Å². The molecule has 0 radical (unpaired) electrons. The molecule has 1 aromatic heterocycles. The van der Waals surface area contributed by atoms with Gasteiger partial charge >= 0.3 is 0 Å². The zero-order valence-electron chi connectivity index (χ0n) is 11.9. The molecular weight excluding hydrogens is 272 g/mol. The van der Waals surface area contributed by atoms with E-state index in [1.165, 1.54) is 0 Å². The molecule has 22 heavy (non-hydrogen) atoms. The summed E-state index contributed by atoms with van der Waals surface area (Å²) in [5.41, 5.74) is 4.74. The van der Waals surface area contributed by atoms with E-state index < -0.39 is 0 Å². The highest BCUT2D eigenvalue weighted by Crippen LogP contribution is 2.28. The average molecular weight is 286 g/mol. The fourth-order valence-electron chi connectivity index (χ4n) is 2.89. The second kappa shape index (κ2) is 5.11. The molecule has 1 aliphatic rings. The number of rotatable bonds is 2. The number of allylic oxidation sites excluding steroid dienone is 1. The Balaban J connectivity index is 1.78. The number of hydrogen-bond acceptors (Lipinski definition) is 2. The quantitative estimate of drug-likeness (QED) is 0.673. The molecule has 0 saturated carbocycles. The smallest absolute Gasteiger partial charge is 0.189 e. The normalized spacial score (nSPS) is 15.3. The second-order valence-corrected chi connectivity index (χ2v) is 5.34. The van der Waals surface area contributed by atoms with Crippen LogP contribution >= 0.6 is 0 Å². The number of carbonyl (C=O) groups excluding carboxylic acids is 1. The van der Waals surface area contributed by atoms with Gasteiger partial charge in [0.25, 0.3) is 0 Å². The summed E-state index contributed by atoms with van der Waals surface area (Å²) in [6.07, 6.45) is 6.34. The van der Waals surface area contributed by atoms with Crippen LogP contribution < -0.4 is 0 Å². The Morgan fingerprint density at radius 1 is 1.00 bits per heavy atom. The first-order valence-corrected chi connectivity index (χ1v) is 7.25. The number of ketones is 1. The lowest BCUT2D eigenvalue weighted by Gasteiger charge is -2.06. The molecule has 3 aromatic rings. The number of carbonyl (C=O) groups is 1. The van der Waals surface area contributed by atoms with Crippen molar-refractivity contribution in [1.29, 1.82) is 0 Å². The summed E-state index contributed by atoms with van der Waals surface area (Å²) in [5, 5.41) is 4.28. The Labute approximate surface area is 128 Å². The van der Waals surface area contributed by atoms with E-state index in [0.717, 1.165) is 28.0 Å². The van der Waals surface area contributed by atoms with E-state index in [-0.39, 0.29) is 5.78 Å². The fourth-order valence-corrected chi connectivity index (χ4v) is 2.89. The van der Waals surface area contributed by atoms with Crippen LogP contribution in [0.2, 0.25) is 0 Å². The van der Waals surface area contributed by atoms with Gasteiger partial charge in [-0.15, -0.1) is 0 Å². The topological polar surface area (TPSA) is 34.9 Å². The van der Waals surface area contributed by atoms with E-state index in [0.29, 0.717) is 6.42 Å². The third kappa shape index (κ3) is 2.07. The first kappa shape index (κ1) is 12.8. The average Bonchev–Trinajstić information content (AvgIpc) is 3.18. The molecule has 0 fully saturated rings. The second-order valence-electron chi connectivity index (χ2n) is 5.34. The molecule has 3 nitrogen and oxygen atoms in total. The Bertz CT molecular complexity index is 876. The minimum atomic E-state index is 0.130. The molecule has 4 rings (SSSR count). The predicted octanol–water partition coefficient (Wildman–Crippen LogP) is 3.69. The van der Waals surface area contributed by atoms with Crippen molar-refractivity contribution in [2.24, 2.45) is 0 Å². The zero-order chi connectivity index (χ0) is 14.9. The van der Waals surface area contributed by atoms with E-state index in [2.05, 4.69) is 5.10 Å². The highest BCUT2D eigenvalue weighted by molar-refractivity contribution is 6.15. The fraction of sp³-hybridized carbons (Fsp3) is 0.0526. The number of para-hydroxylation sites is 1. The Morgan fingerprint density at radius 3 is 2.64 bits per heavy atom. The van der Waals surface area contributed by atoms with Crippen LogP contribution in [0.5, 0.6) is 0 Å². The van der Waals surface area contributed by atoms with Gasteiger partial charge < -0.3 is 0 Å². The molecule has 0 unspecified atom stereocenters. The van der Waals surface area contributed by atoms with Gasteiger partial charge in [0.05, 0.1) is 5.69 Å². The van der Waals surface area contributed by atoms with Crippen LogP contribution in [0.25, 0.3) is 11.8 Å². The van der Waals surface area contributed by atoms with Gasteiger partial charge in [-0.2, -0.15) is 5.10 Å². The van der Waals surface area contributed by atoms with E-state index >= 15 is 0 Å². The van der Waals surface area contributed by atoms with Crippen LogP contribution in [0, 0.1) is 0 Å². The lowest BCUT2D eigenvalue weighted by atomic mass is 10.1. The molecular formula is C19H14N2O. The van der Waals surface area contributed by atoms with Crippen molar-refractivity contribution >= 4 is 11.9 Å². The monoisotopic (exact) mass is 286 g/mol. The molecule has 0 amide bonds. The molecule has 2 aromatic carbocycles. The maximum atomic E-state index is 12.5. The Morgan fingerprint density at radius 2 is 1.82 bits per heavy atom. The lowest BCUT2D eigenvalue weighted by molar-refractivity contribution is 0.104. The molecule has 0 saturated heterocycles. The molecule has 0 spiro atoms.